The van der Waals surface area contributed by atoms with Gasteiger partial charge in [0, 0.05) is 25.0 Å². The Morgan fingerprint density at radius 3 is 2.86 bits per heavy atom. The van der Waals surface area contributed by atoms with Gasteiger partial charge >= 0.3 is 0 Å². The highest BCUT2D eigenvalue weighted by Gasteiger charge is 2.00. The molecular weight excluding hydrogens is 174 g/mol. The zero-order chi connectivity index (χ0) is 10.4. The molecule has 1 aromatic heterocycles. The van der Waals surface area contributed by atoms with Crippen molar-refractivity contribution in [2.75, 3.05) is 7.05 Å². The van der Waals surface area contributed by atoms with Crippen molar-refractivity contribution in [1.29, 1.82) is 0 Å². The van der Waals surface area contributed by atoms with E-state index in [9.17, 15) is 0 Å². The second-order valence-electron chi connectivity index (χ2n) is 3.88. The molecule has 1 aromatic rings. The van der Waals surface area contributed by atoms with Crippen LogP contribution in [0.1, 0.15) is 31.9 Å². The van der Waals surface area contributed by atoms with Gasteiger partial charge < -0.3 is 5.32 Å². The van der Waals surface area contributed by atoms with Gasteiger partial charge in [-0.05, 0) is 39.3 Å². The molecule has 1 atom stereocenters. The van der Waals surface area contributed by atoms with E-state index in [1.807, 2.05) is 25.0 Å². The Bertz CT molecular complexity index is 255. The van der Waals surface area contributed by atoms with Crippen molar-refractivity contribution in [3.05, 3.63) is 18.0 Å². The van der Waals surface area contributed by atoms with Gasteiger partial charge in [0.05, 0.1) is 0 Å². The van der Waals surface area contributed by atoms with Crippen LogP contribution in [0.2, 0.25) is 0 Å². The predicted octanol–water partition coefficient (Wildman–Crippen LogP) is 1.74. The number of unbranched alkanes of at least 4 members (excludes halogenated alkanes) is 1. The molecule has 3 heteroatoms. The van der Waals surface area contributed by atoms with Crippen molar-refractivity contribution >= 4 is 0 Å². The van der Waals surface area contributed by atoms with Crippen LogP contribution in [0.25, 0.3) is 0 Å². The molecule has 1 heterocycles. The maximum atomic E-state index is 4.15. The summed E-state index contributed by atoms with van der Waals surface area (Å²) in [6.45, 7) is 2.23. The molecule has 0 radical (unpaired) electrons. The standard InChI is InChI=1S/C11H21N3/c1-10(12-2)6-4-5-7-11-8-9-13-14(11)3/h8-10,12H,4-7H2,1-3H3. The third kappa shape index (κ3) is 3.50. The number of nitrogens with zero attached hydrogens (tertiary/aromatic N) is 2. The lowest BCUT2D eigenvalue weighted by molar-refractivity contribution is 0.523. The molecule has 80 valence electrons. The molecule has 0 aliphatic carbocycles. The summed E-state index contributed by atoms with van der Waals surface area (Å²) < 4.78 is 1.96. The summed E-state index contributed by atoms with van der Waals surface area (Å²) in [5.74, 6) is 0. The Hall–Kier alpha value is -0.830. The summed E-state index contributed by atoms with van der Waals surface area (Å²) >= 11 is 0. The summed E-state index contributed by atoms with van der Waals surface area (Å²) in [6.07, 6.45) is 6.81. The Kier molecular flexibility index (Phi) is 4.66. The normalized spacial score (nSPS) is 13.1. The highest BCUT2D eigenvalue weighted by molar-refractivity contribution is 4.99. The van der Waals surface area contributed by atoms with Crippen LogP contribution in [0.4, 0.5) is 0 Å². The quantitative estimate of drug-likeness (QED) is 0.701. The van der Waals surface area contributed by atoms with Gasteiger partial charge in [0.1, 0.15) is 0 Å². The highest BCUT2D eigenvalue weighted by atomic mass is 15.2. The third-order valence-electron chi connectivity index (χ3n) is 2.74. The smallest absolute Gasteiger partial charge is 0.0492 e. The summed E-state index contributed by atoms with van der Waals surface area (Å²) in [7, 11) is 4.03. The maximum absolute atomic E-state index is 4.15. The molecule has 1 unspecified atom stereocenters. The van der Waals surface area contributed by atoms with Gasteiger partial charge in [-0.25, -0.2) is 0 Å². The van der Waals surface area contributed by atoms with Crippen molar-refractivity contribution in [2.24, 2.45) is 7.05 Å². The number of hydrogen-bond acceptors (Lipinski definition) is 2. The number of aryl methyl sites for hydroxylation is 2. The van der Waals surface area contributed by atoms with E-state index in [1.54, 1.807) is 0 Å². The fourth-order valence-electron chi connectivity index (χ4n) is 1.55. The lowest BCUT2D eigenvalue weighted by atomic mass is 10.1. The fraction of sp³-hybridized carbons (Fsp3) is 0.727. The summed E-state index contributed by atoms with van der Waals surface area (Å²) in [6, 6.07) is 2.74. The molecule has 0 saturated carbocycles. The largest absolute Gasteiger partial charge is 0.317 e. The molecule has 14 heavy (non-hydrogen) atoms. The van der Waals surface area contributed by atoms with Crippen LogP contribution in [-0.4, -0.2) is 22.9 Å². The third-order valence-corrected chi connectivity index (χ3v) is 2.74. The van der Waals surface area contributed by atoms with E-state index < -0.39 is 0 Å². The van der Waals surface area contributed by atoms with E-state index in [4.69, 9.17) is 0 Å². The van der Waals surface area contributed by atoms with E-state index in [0.29, 0.717) is 6.04 Å². The van der Waals surface area contributed by atoms with Crippen LogP contribution < -0.4 is 5.32 Å². The van der Waals surface area contributed by atoms with Gasteiger partial charge in [-0.1, -0.05) is 6.42 Å². The van der Waals surface area contributed by atoms with Gasteiger partial charge in [0.15, 0.2) is 0 Å². The van der Waals surface area contributed by atoms with Gasteiger partial charge in [0.25, 0.3) is 0 Å². The zero-order valence-corrected chi connectivity index (χ0v) is 9.45. The molecular formula is C11H21N3. The first kappa shape index (κ1) is 11.2. The monoisotopic (exact) mass is 195 g/mol. The second kappa shape index (κ2) is 5.81. The second-order valence-corrected chi connectivity index (χ2v) is 3.88. The first-order valence-corrected chi connectivity index (χ1v) is 5.38. The zero-order valence-electron chi connectivity index (χ0n) is 9.45. The van der Waals surface area contributed by atoms with E-state index >= 15 is 0 Å². The first-order chi connectivity index (χ1) is 6.74. The van der Waals surface area contributed by atoms with E-state index in [0.717, 1.165) is 6.42 Å². The first-order valence-electron chi connectivity index (χ1n) is 5.38. The van der Waals surface area contributed by atoms with Crippen molar-refractivity contribution in [2.45, 2.75) is 38.6 Å². The average molecular weight is 195 g/mol. The maximum Gasteiger partial charge on any atom is 0.0492 e. The molecule has 1 N–H and O–H groups in total. The van der Waals surface area contributed by atoms with Gasteiger partial charge in [-0.15, -0.1) is 0 Å². The lowest BCUT2D eigenvalue weighted by Crippen LogP contribution is -2.20. The summed E-state index contributed by atoms with van der Waals surface area (Å²) in [4.78, 5) is 0. The number of aromatic nitrogens is 2. The van der Waals surface area contributed by atoms with Crippen LogP contribution >= 0.6 is 0 Å². The van der Waals surface area contributed by atoms with Crippen LogP contribution in [0, 0.1) is 0 Å². The molecule has 0 aliphatic rings. The lowest BCUT2D eigenvalue weighted by Gasteiger charge is -2.09. The molecule has 0 amide bonds. The minimum absolute atomic E-state index is 0.640. The van der Waals surface area contributed by atoms with E-state index in [-0.39, 0.29) is 0 Å². The van der Waals surface area contributed by atoms with Crippen LogP contribution in [0.5, 0.6) is 0 Å². The minimum Gasteiger partial charge on any atom is -0.317 e. The molecule has 0 aromatic carbocycles. The Labute approximate surface area is 86.5 Å². The molecule has 0 fully saturated rings. The van der Waals surface area contributed by atoms with Gasteiger partial charge in [-0.2, -0.15) is 5.10 Å². The molecule has 0 saturated heterocycles. The van der Waals surface area contributed by atoms with Crippen molar-refractivity contribution in [1.82, 2.24) is 15.1 Å². The fourth-order valence-corrected chi connectivity index (χ4v) is 1.55. The van der Waals surface area contributed by atoms with Crippen molar-refractivity contribution in [3.8, 4) is 0 Å². The Morgan fingerprint density at radius 2 is 2.29 bits per heavy atom. The molecule has 3 nitrogen and oxygen atoms in total. The van der Waals surface area contributed by atoms with Crippen molar-refractivity contribution in [3.63, 3.8) is 0 Å². The van der Waals surface area contributed by atoms with Crippen LogP contribution in [0.15, 0.2) is 12.3 Å². The molecule has 0 bridgehead atoms. The minimum atomic E-state index is 0.640. The van der Waals surface area contributed by atoms with Gasteiger partial charge in [-0.3, -0.25) is 4.68 Å². The highest BCUT2D eigenvalue weighted by Crippen LogP contribution is 2.06. The Morgan fingerprint density at radius 1 is 1.50 bits per heavy atom. The number of nitrogens with one attached hydrogen (secondary N) is 1. The Balaban J connectivity index is 2.13. The van der Waals surface area contributed by atoms with Gasteiger partial charge in [0.2, 0.25) is 0 Å². The van der Waals surface area contributed by atoms with E-state index in [1.165, 1.54) is 25.0 Å². The SMILES string of the molecule is CNC(C)CCCCc1ccnn1C. The average Bonchev–Trinajstić information content (AvgIpc) is 2.58. The topological polar surface area (TPSA) is 29.9 Å². The van der Waals surface area contributed by atoms with Crippen LogP contribution in [0.3, 0.4) is 0 Å². The molecule has 0 aliphatic heterocycles. The predicted molar refractivity (Wildman–Crippen MR) is 59.3 cm³/mol. The number of rotatable bonds is 6. The molecule has 0 spiro atoms. The number of hydrogen-bond donors (Lipinski definition) is 1. The summed E-state index contributed by atoms with van der Waals surface area (Å²) in [5.41, 5.74) is 1.34. The van der Waals surface area contributed by atoms with Crippen molar-refractivity contribution < 1.29 is 0 Å². The van der Waals surface area contributed by atoms with Crippen LogP contribution in [-0.2, 0) is 13.5 Å². The van der Waals surface area contributed by atoms with E-state index in [2.05, 4.69) is 23.4 Å². The molecule has 1 rings (SSSR count). The summed E-state index contributed by atoms with van der Waals surface area (Å²) in [5, 5.41) is 7.40.